The zero-order valence-corrected chi connectivity index (χ0v) is 9.65. The molecule has 1 N–H and O–H groups in total. The molecule has 0 aromatic carbocycles. The second-order valence-corrected chi connectivity index (χ2v) is 3.79. The van der Waals surface area contributed by atoms with Crippen LogP contribution < -0.4 is 5.32 Å². The fraction of sp³-hybridized carbons (Fsp3) is 0.727. The fourth-order valence-corrected chi connectivity index (χ4v) is 1.43. The van der Waals surface area contributed by atoms with Crippen molar-refractivity contribution in [2.75, 3.05) is 20.3 Å². The Balaban J connectivity index is 1.97. The van der Waals surface area contributed by atoms with Gasteiger partial charge in [-0.1, -0.05) is 0 Å². The Labute approximate surface area is 91.7 Å². The van der Waals surface area contributed by atoms with E-state index in [9.17, 15) is 0 Å². The molecule has 0 amide bonds. The number of rotatable bonds is 8. The lowest BCUT2D eigenvalue weighted by atomic mass is 10.2. The number of aryl methyl sites for hydroxylation is 1. The summed E-state index contributed by atoms with van der Waals surface area (Å²) in [5, 5.41) is 3.47. The number of hydrogen-bond acceptors (Lipinski definition) is 3. The zero-order valence-electron chi connectivity index (χ0n) is 9.65. The van der Waals surface area contributed by atoms with Crippen molar-refractivity contribution < 1.29 is 4.74 Å². The third kappa shape index (κ3) is 5.54. The van der Waals surface area contributed by atoms with Crippen LogP contribution >= 0.6 is 0 Å². The number of hydrogen-bond donors (Lipinski definition) is 1. The van der Waals surface area contributed by atoms with Crippen molar-refractivity contribution in [1.82, 2.24) is 14.9 Å². The van der Waals surface area contributed by atoms with E-state index in [1.807, 2.05) is 18.7 Å². The van der Waals surface area contributed by atoms with E-state index in [1.165, 1.54) is 0 Å². The van der Waals surface area contributed by atoms with Gasteiger partial charge < -0.3 is 14.6 Å². The molecule has 86 valence electrons. The maximum absolute atomic E-state index is 5.03. The van der Waals surface area contributed by atoms with Crippen LogP contribution in [0.25, 0.3) is 0 Å². The molecular formula is C11H21N3O. The quantitative estimate of drug-likeness (QED) is 0.659. The first-order chi connectivity index (χ1) is 7.33. The first kappa shape index (κ1) is 12.2. The highest BCUT2D eigenvalue weighted by Crippen LogP contribution is 1.93. The normalized spacial score (nSPS) is 12.9. The van der Waals surface area contributed by atoms with Gasteiger partial charge in [0.2, 0.25) is 0 Å². The SMILES string of the molecule is COCCC(C)NCCCn1ccnc1. The molecule has 1 aromatic rings. The van der Waals surface area contributed by atoms with E-state index >= 15 is 0 Å². The lowest BCUT2D eigenvalue weighted by Gasteiger charge is -2.12. The summed E-state index contributed by atoms with van der Waals surface area (Å²) in [6.45, 7) is 5.10. The van der Waals surface area contributed by atoms with Crippen molar-refractivity contribution >= 4 is 0 Å². The Morgan fingerprint density at radius 1 is 1.53 bits per heavy atom. The molecule has 15 heavy (non-hydrogen) atoms. The van der Waals surface area contributed by atoms with E-state index in [2.05, 4.69) is 21.8 Å². The molecule has 1 atom stereocenters. The van der Waals surface area contributed by atoms with Crippen molar-refractivity contribution in [3.05, 3.63) is 18.7 Å². The van der Waals surface area contributed by atoms with E-state index in [4.69, 9.17) is 4.74 Å². The number of methoxy groups -OCH3 is 1. The number of imidazole rings is 1. The van der Waals surface area contributed by atoms with Gasteiger partial charge in [0, 0.05) is 38.7 Å². The summed E-state index contributed by atoms with van der Waals surface area (Å²) in [6.07, 6.45) is 7.87. The Hall–Kier alpha value is -0.870. The van der Waals surface area contributed by atoms with Gasteiger partial charge in [0.05, 0.1) is 6.33 Å². The zero-order chi connectivity index (χ0) is 10.9. The average Bonchev–Trinajstić information content (AvgIpc) is 2.74. The van der Waals surface area contributed by atoms with E-state index < -0.39 is 0 Å². The van der Waals surface area contributed by atoms with Crippen LogP contribution in [0.5, 0.6) is 0 Å². The van der Waals surface area contributed by atoms with E-state index in [1.54, 1.807) is 7.11 Å². The third-order valence-electron chi connectivity index (χ3n) is 2.40. The molecule has 0 fully saturated rings. The van der Waals surface area contributed by atoms with Crippen LogP contribution in [-0.4, -0.2) is 35.9 Å². The Morgan fingerprint density at radius 3 is 3.07 bits per heavy atom. The number of nitrogens with one attached hydrogen (secondary N) is 1. The lowest BCUT2D eigenvalue weighted by Crippen LogP contribution is -2.28. The van der Waals surface area contributed by atoms with Gasteiger partial charge in [-0.25, -0.2) is 4.98 Å². The predicted molar refractivity (Wildman–Crippen MR) is 60.8 cm³/mol. The lowest BCUT2D eigenvalue weighted by molar-refractivity contribution is 0.185. The number of nitrogens with zero attached hydrogens (tertiary/aromatic N) is 2. The molecule has 0 bridgehead atoms. The molecule has 1 heterocycles. The first-order valence-electron chi connectivity index (χ1n) is 5.51. The van der Waals surface area contributed by atoms with Crippen molar-refractivity contribution in [3.8, 4) is 0 Å². The van der Waals surface area contributed by atoms with Crippen LogP contribution in [0, 0.1) is 0 Å². The second-order valence-electron chi connectivity index (χ2n) is 3.79. The van der Waals surface area contributed by atoms with Crippen LogP contribution in [0.4, 0.5) is 0 Å². The van der Waals surface area contributed by atoms with E-state index in [-0.39, 0.29) is 0 Å². The molecule has 0 radical (unpaired) electrons. The van der Waals surface area contributed by atoms with Gasteiger partial charge in [0.15, 0.2) is 0 Å². The number of aromatic nitrogens is 2. The molecule has 1 unspecified atom stereocenters. The Morgan fingerprint density at radius 2 is 2.40 bits per heavy atom. The topological polar surface area (TPSA) is 39.1 Å². The van der Waals surface area contributed by atoms with Gasteiger partial charge in [-0.15, -0.1) is 0 Å². The highest BCUT2D eigenvalue weighted by Gasteiger charge is 1.99. The summed E-state index contributed by atoms with van der Waals surface area (Å²) in [4.78, 5) is 4.00. The van der Waals surface area contributed by atoms with Gasteiger partial charge in [-0.3, -0.25) is 0 Å². The minimum Gasteiger partial charge on any atom is -0.385 e. The summed E-state index contributed by atoms with van der Waals surface area (Å²) in [6, 6.07) is 0.535. The van der Waals surface area contributed by atoms with Gasteiger partial charge in [-0.05, 0) is 26.3 Å². The summed E-state index contributed by atoms with van der Waals surface area (Å²) >= 11 is 0. The van der Waals surface area contributed by atoms with Crippen LogP contribution in [0.3, 0.4) is 0 Å². The molecule has 1 rings (SSSR count). The molecule has 0 spiro atoms. The summed E-state index contributed by atoms with van der Waals surface area (Å²) in [5.74, 6) is 0. The molecule has 4 nitrogen and oxygen atoms in total. The summed E-state index contributed by atoms with van der Waals surface area (Å²) in [7, 11) is 1.74. The molecule has 0 aliphatic rings. The molecule has 0 saturated heterocycles. The Bertz CT molecular complexity index is 236. The predicted octanol–water partition coefficient (Wildman–Crippen LogP) is 1.29. The third-order valence-corrected chi connectivity index (χ3v) is 2.40. The van der Waals surface area contributed by atoms with Gasteiger partial charge in [-0.2, -0.15) is 0 Å². The largest absolute Gasteiger partial charge is 0.385 e. The Kier molecular flexibility index (Phi) is 6.04. The smallest absolute Gasteiger partial charge is 0.0945 e. The van der Waals surface area contributed by atoms with Crippen LogP contribution in [-0.2, 0) is 11.3 Å². The van der Waals surface area contributed by atoms with Gasteiger partial charge >= 0.3 is 0 Å². The molecule has 0 aliphatic carbocycles. The van der Waals surface area contributed by atoms with Crippen LogP contribution in [0.1, 0.15) is 19.8 Å². The second kappa shape index (κ2) is 7.43. The standard InChI is InChI=1S/C11H21N3O/c1-11(4-9-15-2)13-5-3-7-14-8-6-12-10-14/h6,8,10-11,13H,3-5,7,9H2,1-2H3. The van der Waals surface area contributed by atoms with E-state index in [0.717, 1.165) is 32.5 Å². The fourth-order valence-electron chi connectivity index (χ4n) is 1.43. The maximum Gasteiger partial charge on any atom is 0.0945 e. The average molecular weight is 211 g/mol. The molecular weight excluding hydrogens is 190 g/mol. The van der Waals surface area contributed by atoms with Crippen molar-refractivity contribution in [2.24, 2.45) is 0 Å². The van der Waals surface area contributed by atoms with Gasteiger partial charge in [0.1, 0.15) is 0 Å². The minimum absolute atomic E-state index is 0.535. The summed E-state index contributed by atoms with van der Waals surface area (Å²) in [5.41, 5.74) is 0. The first-order valence-corrected chi connectivity index (χ1v) is 5.51. The van der Waals surface area contributed by atoms with Crippen LogP contribution in [0.2, 0.25) is 0 Å². The monoisotopic (exact) mass is 211 g/mol. The molecule has 0 saturated carbocycles. The van der Waals surface area contributed by atoms with Crippen molar-refractivity contribution in [1.29, 1.82) is 0 Å². The molecule has 1 aromatic heterocycles. The molecule has 4 heteroatoms. The molecule has 0 aliphatic heterocycles. The highest BCUT2D eigenvalue weighted by atomic mass is 16.5. The van der Waals surface area contributed by atoms with Crippen molar-refractivity contribution in [2.45, 2.75) is 32.4 Å². The number of ether oxygens (including phenoxy) is 1. The highest BCUT2D eigenvalue weighted by molar-refractivity contribution is 4.74. The van der Waals surface area contributed by atoms with Crippen LogP contribution in [0.15, 0.2) is 18.7 Å². The van der Waals surface area contributed by atoms with Crippen molar-refractivity contribution in [3.63, 3.8) is 0 Å². The summed E-state index contributed by atoms with van der Waals surface area (Å²) < 4.78 is 7.12. The maximum atomic E-state index is 5.03. The minimum atomic E-state index is 0.535. The van der Waals surface area contributed by atoms with E-state index in [0.29, 0.717) is 6.04 Å². The van der Waals surface area contributed by atoms with Gasteiger partial charge in [0.25, 0.3) is 0 Å².